The van der Waals surface area contributed by atoms with Crippen molar-refractivity contribution in [2.75, 3.05) is 7.05 Å². The van der Waals surface area contributed by atoms with Crippen LogP contribution >= 0.6 is 0 Å². The molecule has 1 fully saturated rings. The van der Waals surface area contributed by atoms with E-state index in [-0.39, 0.29) is 23.9 Å². The fraction of sp³-hybridized carbons (Fsp3) is 0.800. The second kappa shape index (κ2) is 3.98. The topological polar surface area (TPSA) is 49.4 Å². The van der Waals surface area contributed by atoms with Gasteiger partial charge in [-0.1, -0.05) is 13.8 Å². The molecule has 1 heterocycles. The second-order valence-corrected chi connectivity index (χ2v) is 4.32. The summed E-state index contributed by atoms with van der Waals surface area (Å²) in [5, 5.41) is 2.75. The van der Waals surface area contributed by atoms with Crippen molar-refractivity contribution in [3.05, 3.63) is 0 Å². The zero-order valence-corrected chi connectivity index (χ0v) is 9.20. The quantitative estimate of drug-likeness (QED) is 0.697. The first-order valence-corrected chi connectivity index (χ1v) is 5.00. The van der Waals surface area contributed by atoms with E-state index in [1.54, 1.807) is 14.0 Å². The lowest BCUT2D eigenvalue weighted by atomic mass is 9.99. The van der Waals surface area contributed by atoms with Gasteiger partial charge in [0.15, 0.2) is 0 Å². The van der Waals surface area contributed by atoms with E-state index < -0.39 is 0 Å². The normalized spacial score (nSPS) is 28.2. The minimum atomic E-state index is -0.342. The molecule has 0 bridgehead atoms. The zero-order chi connectivity index (χ0) is 10.9. The molecule has 2 atom stereocenters. The fourth-order valence-electron chi connectivity index (χ4n) is 1.60. The molecule has 0 aromatic rings. The molecule has 0 radical (unpaired) electrons. The number of nitrogens with one attached hydrogen (secondary N) is 1. The van der Waals surface area contributed by atoms with Gasteiger partial charge in [-0.3, -0.25) is 9.59 Å². The molecule has 1 aliphatic rings. The number of nitrogens with zero attached hydrogens (tertiary/aromatic N) is 1. The fourth-order valence-corrected chi connectivity index (χ4v) is 1.60. The molecule has 1 N–H and O–H groups in total. The highest BCUT2D eigenvalue weighted by molar-refractivity contribution is 5.96. The van der Waals surface area contributed by atoms with E-state index in [0.29, 0.717) is 12.3 Å². The van der Waals surface area contributed by atoms with Crippen LogP contribution in [-0.2, 0) is 9.59 Å². The van der Waals surface area contributed by atoms with Crippen molar-refractivity contribution in [3.63, 3.8) is 0 Å². The molecule has 4 heteroatoms. The maximum Gasteiger partial charge on any atom is 0.245 e. The lowest BCUT2D eigenvalue weighted by molar-refractivity contribution is -0.147. The maximum absolute atomic E-state index is 11.7. The molecule has 2 amide bonds. The van der Waals surface area contributed by atoms with Crippen LogP contribution in [0, 0.1) is 5.92 Å². The van der Waals surface area contributed by atoms with E-state index in [1.165, 1.54) is 4.90 Å². The van der Waals surface area contributed by atoms with E-state index in [9.17, 15) is 9.59 Å². The Morgan fingerprint density at radius 2 is 2.00 bits per heavy atom. The molecule has 1 aliphatic heterocycles. The van der Waals surface area contributed by atoms with Crippen LogP contribution in [0.1, 0.15) is 27.2 Å². The lowest BCUT2D eigenvalue weighted by Crippen LogP contribution is -2.61. The molecule has 0 saturated carbocycles. The minimum Gasteiger partial charge on any atom is -0.343 e. The van der Waals surface area contributed by atoms with Crippen molar-refractivity contribution >= 4 is 11.8 Å². The van der Waals surface area contributed by atoms with Crippen LogP contribution in [-0.4, -0.2) is 35.8 Å². The number of piperazine rings is 1. The molecule has 0 aromatic heterocycles. The number of amides is 2. The molecule has 14 heavy (non-hydrogen) atoms. The first-order chi connectivity index (χ1) is 6.43. The summed E-state index contributed by atoms with van der Waals surface area (Å²) >= 11 is 0. The number of hydrogen-bond donors (Lipinski definition) is 1. The molecule has 1 rings (SSSR count). The van der Waals surface area contributed by atoms with E-state index in [0.717, 1.165) is 0 Å². The number of rotatable bonds is 2. The summed E-state index contributed by atoms with van der Waals surface area (Å²) < 4.78 is 0. The average molecular weight is 198 g/mol. The Bertz CT molecular complexity index is 251. The van der Waals surface area contributed by atoms with Crippen LogP contribution in [0.5, 0.6) is 0 Å². The minimum absolute atomic E-state index is 0.0193. The van der Waals surface area contributed by atoms with Crippen molar-refractivity contribution in [3.8, 4) is 0 Å². The highest BCUT2D eigenvalue weighted by Crippen LogP contribution is 2.13. The first-order valence-electron chi connectivity index (χ1n) is 5.00. The first kappa shape index (κ1) is 11.0. The summed E-state index contributed by atoms with van der Waals surface area (Å²) in [7, 11) is 1.68. The van der Waals surface area contributed by atoms with Crippen LogP contribution in [0.3, 0.4) is 0 Å². The van der Waals surface area contributed by atoms with Gasteiger partial charge < -0.3 is 10.2 Å². The summed E-state index contributed by atoms with van der Waals surface area (Å²) in [6, 6.07) is -0.672. The SMILES string of the molecule is CC(C)CC1NC(=O)C(C)N(C)C1=O. The summed E-state index contributed by atoms with van der Waals surface area (Å²) in [6.07, 6.45) is 0.710. The van der Waals surface area contributed by atoms with Gasteiger partial charge in [-0.05, 0) is 19.3 Å². The van der Waals surface area contributed by atoms with E-state index in [1.807, 2.05) is 13.8 Å². The smallest absolute Gasteiger partial charge is 0.245 e. The van der Waals surface area contributed by atoms with Gasteiger partial charge in [0, 0.05) is 7.05 Å². The third kappa shape index (κ3) is 2.05. The molecule has 80 valence electrons. The Hall–Kier alpha value is -1.06. The van der Waals surface area contributed by atoms with Gasteiger partial charge >= 0.3 is 0 Å². The Balaban J connectivity index is 2.70. The van der Waals surface area contributed by atoms with Crippen LogP contribution in [0.25, 0.3) is 0 Å². The van der Waals surface area contributed by atoms with E-state index in [4.69, 9.17) is 0 Å². The van der Waals surface area contributed by atoms with Gasteiger partial charge in [0.05, 0.1) is 0 Å². The summed E-state index contributed by atoms with van der Waals surface area (Å²) in [4.78, 5) is 24.7. The van der Waals surface area contributed by atoms with Crippen molar-refractivity contribution in [2.24, 2.45) is 5.92 Å². The van der Waals surface area contributed by atoms with E-state index >= 15 is 0 Å². The third-order valence-corrected chi connectivity index (χ3v) is 2.63. The molecule has 4 nitrogen and oxygen atoms in total. The van der Waals surface area contributed by atoms with Crippen molar-refractivity contribution in [1.29, 1.82) is 0 Å². The number of carbonyl (C=O) groups is 2. The van der Waals surface area contributed by atoms with Crippen LogP contribution in [0.15, 0.2) is 0 Å². The van der Waals surface area contributed by atoms with Crippen LogP contribution in [0.4, 0.5) is 0 Å². The van der Waals surface area contributed by atoms with Gasteiger partial charge in [0.2, 0.25) is 11.8 Å². The summed E-state index contributed by atoms with van der Waals surface area (Å²) in [5.41, 5.74) is 0. The monoisotopic (exact) mass is 198 g/mol. The van der Waals surface area contributed by atoms with Crippen LogP contribution in [0.2, 0.25) is 0 Å². The Morgan fingerprint density at radius 3 is 2.50 bits per heavy atom. The highest BCUT2D eigenvalue weighted by Gasteiger charge is 2.35. The predicted octanol–water partition coefficient (Wildman–Crippen LogP) is 0.378. The summed E-state index contributed by atoms with van der Waals surface area (Å²) in [5.74, 6) is 0.370. The highest BCUT2D eigenvalue weighted by atomic mass is 16.2. The number of carbonyl (C=O) groups excluding carboxylic acids is 2. The molecule has 1 saturated heterocycles. The molecule has 0 aromatic carbocycles. The van der Waals surface area contributed by atoms with Crippen LogP contribution < -0.4 is 5.32 Å². The van der Waals surface area contributed by atoms with Crippen molar-refractivity contribution in [2.45, 2.75) is 39.3 Å². The standard InChI is InChI=1S/C10H18N2O2/c1-6(2)5-8-10(14)12(4)7(3)9(13)11-8/h6-8H,5H2,1-4H3,(H,11,13). The predicted molar refractivity (Wildman–Crippen MR) is 53.6 cm³/mol. The van der Waals surface area contributed by atoms with E-state index in [2.05, 4.69) is 5.32 Å². The molecule has 0 spiro atoms. The number of likely N-dealkylation sites (N-methyl/N-ethyl adjacent to an activating group) is 1. The van der Waals surface area contributed by atoms with Gasteiger partial charge in [0.1, 0.15) is 12.1 Å². The molecule has 2 unspecified atom stereocenters. The van der Waals surface area contributed by atoms with Crippen molar-refractivity contribution in [1.82, 2.24) is 10.2 Å². The van der Waals surface area contributed by atoms with Gasteiger partial charge in [-0.15, -0.1) is 0 Å². The third-order valence-electron chi connectivity index (χ3n) is 2.63. The Labute approximate surface area is 84.7 Å². The molecular weight excluding hydrogens is 180 g/mol. The average Bonchev–Trinajstić information content (AvgIpc) is 2.10. The maximum atomic E-state index is 11.7. The largest absolute Gasteiger partial charge is 0.343 e. The number of hydrogen-bond acceptors (Lipinski definition) is 2. The Kier molecular flexibility index (Phi) is 3.13. The lowest BCUT2D eigenvalue weighted by Gasteiger charge is -2.35. The van der Waals surface area contributed by atoms with Gasteiger partial charge in [-0.2, -0.15) is 0 Å². The summed E-state index contributed by atoms with van der Waals surface area (Å²) in [6.45, 7) is 5.81. The van der Waals surface area contributed by atoms with Gasteiger partial charge in [-0.25, -0.2) is 0 Å². The molecule has 0 aliphatic carbocycles. The zero-order valence-electron chi connectivity index (χ0n) is 9.20. The Morgan fingerprint density at radius 1 is 1.43 bits per heavy atom. The second-order valence-electron chi connectivity index (χ2n) is 4.32. The molecular formula is C10H18N2O2. The van der Waals surface area contributed by atoms with Gasteiger partial charge in [0.25, 0.3) is 0 Å². The van der Waals surface area contributed by atoms with Crippen molar-refractivity contribution < 1.29 is 9.59 Å².